The summed E-state index contributed by atoms with van der Waals surface area (Å²) in [5, 5.41) is 36.6. The van der Waals surface area contributed by atoms with E-state index in [2.05, 4.69) is 25.6 Å². The van der Waals surface area contributed by atoms with Crippen LogP contribution in [-0.4, -0.2) is 80.8 Å². The molecule has 1 aliphatic carbocycles. The summed E-state index contributed by atoms with van der Waals surface area (Å²) in [4.78, 5) is 13.5. The first-order valence-electron chi connectivity index (χ1n) is 9.83. The molecule has 30 heavy (non-hydrogen) atoms. The monoisotopic (exact) mass is 435 g/mol. The van der Waals surface area contributed by atoms with Gasteiger partial charge in [0, 0.05) is 48.2 Å². The van der Waals surface area contributed by atoms with Crippen molar-refractivity contribution in [3.05, 3.63) is 24.0 Å². The van der Waals surface area contributed by atoms with E-state index in [0.717, 1.165) is 29.1 Å². The van der Waals surface area contributed by atoms with Crippen molar-refractivity contribution in [3.8, 4) is 17.0 Å². The first-order valence-corrected chi connectivity index (χ1v) is 11.2. The van der Waals surface area contributed by atoms with Crippen molar-refractivity contribution in [2.45, 2.75) is 31.6 Å². The third-order valence-corrected chi connectivity index (χ3v) is 5.88. The number of nitrogens with zero attached hydrogens (tertiary/aromatic N) is 3. The number of aliphatic hydroxyl groups is 3. The number of anilines is 2. The number of nitrogens with one attached hydrogen (secondary N) is 2. The van der Waals surface area contributed by atoms with E-state index < -0.39 is 18.2 Å². The Kier molecular flexibility index (Phi) is 7.70. The van der Waals surface area contributed by atoms with E-state index >= 15 is 0 Å². The molecular formula is C20H29N5O4S. The van der Waals surface area contributed by atoms with Gasteiger partial charge in [0.15, 0.2) is 0 Å². The molecule has 1 aliphatic rings. The third-order valence-electron chi connectivity index (χ3n) is 5.27. The van der Waals surface area contributed by atoms with E-state index in [-0.39, 0.29) is 12.5 Å². The number of methoxy groups -OCH3 is 1. The molecule has 10 heteroatoms. The number of hydrogen-bond donors (Lipinski definition) is 5. The first kappa shape index (κ1) is 22.5. The van der Waals surface area contributed by atoms with Crippen molar-refractivity contribution in [1.29, 1.82) is 0 Å². The van der Waals surface area contributed by atoms with Crippen LogP contribution >= 0.6 is 11.8 Å². The van der Waals surface area contributed by atoms with Crippen LogP contribution in [-0.2, 0) is 0 Å². The second-order valence-electron chi connectivity index (χ2n) is 7.28. The van der Waals surface area contributed by atoms with Gasteiger partial charge in [-0.25, -0.2) is 9.97 Å². The van der Waals surface area contributed by atoms with Gasteiger partial charge in [0.2, 0.25) is 11.8 Å². The molecule has 2 aromatic rings. The molecular weight excluding hydrogens is 406 g/mol. The van der Waals surface area contributed by atoms with Gasteiger partial charge >= 0.3 is 0 Å². The summed E-state index contributed by atoms with van der Waals surface area (Å²) in [6.07, 6.45) is 2.16. The highest BCUT2D eigenvalue weighted by atomic mass is 32.2. The number of ether oxygens (including phenoxy) is 1. The molecule has 1 fully saturated rings. The van der Waals surface area contributed by atoms with Crippen molar-refractivity contribution in [2.75, 3.05) is 42.9 Å². The summed E-state index contributed by atoms with van der Waals surface area (Å²) in [7, 11) is 1.56. The number of hydrogen-bond acceptors (Lipinski definition) is 10. The van der Waals surface area contributed by atoms with Crippen molar-refractivity contribution in [2.24, 2.45) is 5.92 Å². The zero-order valence-electron chi connectivity index (χ0n) is 17.4. The van der Waals surface area contributed by atoms with Crippen molar-refractivity contribution < 1.29 is 20.1 Å². The Hall–Kier alpha value is -2.14. The molecule has 0 amide bonds. The number of aliphatic hydroxyl groups excluding tert-OH is 3. The number of rotatable bonds is 9. The van der Waals surface area contributed by atoms with E-state index in [0.29, 0.717) is 24.1 Å². The molecule has 9 nitrogen and oxygen atoms in total. The number of aryl methyl sites for hydroxylation is 1. The molecule has 5 N–H and O–H groups in total. The Bertz CT molecular complexity index is 839. The molecule has 0 aromatic carbocycles. The zero-order valence-corrected chi connectivity index (χ0v) is 18.2. The molecule has 0 radical (unpaired) electrons. The minimum Gasteiger partial charge on any atom is -0.481 e. The van der Waals surface area contributed by atoms with Crippen LogP contribution in [0.4, 0.5) is 11.8 Å². The number of aromatic nitrogens is 3. The standard InChI is InChI=1S/C20H29N5O4S/c1-11-16(12-4-5-15(29-2)22-9-12)19(25-20(23-11)21-6-7-30-3)24-14-8-13(10-26)17(27)18(14)28/h4-5,9,13-14,17-18,26-28H,6-8,10H2,1-3H3,(H2,21,23,24,25)/t13-,14-,17-,18+/m1/s1. The molecule has 0 saturated heterocycles. The average Bonchev–Trinajstić information content (AvgIpc) is 3.02. The molecule has 0 aliphatic heterocycles. The largest absolute Gasteiger partial charge is 0.481 e. The SMILES string of the molecule is COc1ccc(-c2c(C)nc(NCCSC)nc2N[C@@H]2C[C@H](CO)[C@@H](O)[C@H]2O)cn1. The maximum Gasteiger partial charge on any atom is 0.224 e. The number of pyridine rings is 1. The van der Waals surface area contributed by atoms with E-state index in [1.54, 1.807) is 31.1 Å². The topological polar surface area (TPSA) is 133 Å². The highest BCUT2D eigenvalue weighted by Gasteiger charge is 2.41. The Morgan fingerprint density at radius 2 is 2.03 bits per heavy atom. The lowest BCUT2D eigenvalue weighted by Gasteiger charge is -2.22. The van der Waals surface area contributed by atoms with Crippen LogP contribution in [0, 0.1) is 12.8 Å². The van der Waals surface area contributed by atoms with E-state index in [1.165, 1.54) is 0 Å². The molecule has 4 atom stereocenters. The predicted octanol–water partition coefficient (Wildman–Crippen LogP) is 1.15. The predicted molar refractivity (Wildman–Crippen MR) is 118 cm³/mol. The van der Waals surface area contributed by atoms with Gasteiger partial charge < -0.3 is 30.7 Å². The quantitative estimate of drug-likeness (QED) is 0.365. The molecule has 2 heterocycles. The molecule has 3 rings (SSSR count). The highest BCUT2D eigenvalue weighted by molar-refractivity contribution is 7.98. The lowest BCUT2D eigenvalue weighted by molar-refractivity contribution is 0.00446. The summed E-state index contributed by atoms with van der Waals surface area (Å²) < 4.78 is 5.14. The third kappa shape index (κ3) is 4.94. The highest BCUT2D eigenvalue weighted by Crippen LogP contribution is 2.34. The van der Waals surface area contributed by atoms with Gasteiger partial charge in [-0.15, -0.1) is 0 Å². The summed E-state index contributed by atoms with van der Waals surface area (Å²) in [5.74, 6) is 2.06. The average molecular weight is 436 g/mol. The van der Waals surface area contributed by atoms with Crippen LogP contribution < -0.4 is 15.4 Å². The van der Waals surface area contributed by atoms with Crippen LogP contribution in [0.5, 0.6) is 5.88 Å². The van der Waals surface area contributed by atoms with Crippen molar-refractivity contribution >= 4 is 23.5 Å². The van der Waals surface area contributed by atoms with Gasteiger partial charge in [-0.05, 0) is 25.7 Å². The van der Waals surface area contributed by atoms with Crippen LogP contribution in [0.25, 0.3) is 11.1 Å². The van der Waals surface area contributed by atoms with E-state index in [4.69, 9.17) is 4.74 Å². The second-order valence-corrected chi connectivity index (χ2v) is 8.26. The Labute approximate surface area is 180 Å². The lowest BCUT2D eigenvalue weighted by atomic mass is 10.1. The summed E-state index contributed by atoms with van der Waals surface area (Å²) >= 11 is 1.72. The molecule has 1 saturated carbocycles. The minimum absolute atomic E-state index is 0.185. The van der Waals surface area contributed by atoms with E-state index in [9.17, 15) is 15.3 Å². The van der Waals surface area contributed by atoms with E-state index in [1.807, 2.05) is 19.2 Å². The zero-order chi connectivity index (χ0) is 21.7. The van der Waals surface area contributed by atoms with Crippen LogP contribution in [0.2, 0.25) is 0 Å². The molecule has 2 aromatic heterocycles. The first-order chi connectivity index (χ1) is 14.5. The van der Waals surface area contributed by atoms with Gasteiger partial charge in [0.05, 0.1) is 24.9 Å². The van der Waals surface area contributed by atoms with Gasteiger partial charge in [0.1, 0.15) is 11.9 Å². The van der Waals surface area contributed by atoms with Crippen LogP contribution in [0.1, 0.15) is 12.1 Å². The molecule has 164 valence electrons. The minimum atomic E-state index is -1.01. The van der Waals surface area contributed by atoms with Crippen LogP contribution in [0.3, 0.4) is 0 Å². The fourth-order valence-electron chi connectivity index (χ4n) is 3.64. The van der Waals surface area contributed by atoms with Gasteiger partial charge in [0.25, 0.3) is 0 Å². The van der Waals surface area contributed by atoms with Crippen LogP contribution in [0.15, 0.2) is 18.3 Å². The second kappa shape index (κ2) is 10.3. The number of thioether (sulfide) groups is 1. The maximum atomic E-state index is 10.4. The Morgan fingerprint density at radius 3 is 2.63 bits per heavy atom. The van der Waals surface area contributed by atoms with Gasteiger partial charge in [-0.3, -0.25) is 0 Å². The lowest BCUT2D eigenvalue weighted by Crippen LogP contribution is -2.35. The van der Waals surface area contributed by atoms with Crippen molar-refractivity contribution in [1.82, 2.24) is 15.0 Å². The summed E-state index contributed by atoms with van der Waals surface area (Å²) in [6, 6.07) is 3.19. The van der Waals surface area contributed by atoms with Gasteiger partial charge in [-0.2, -0.15) is 16.7 Å². The molecule has 0 bridgehead atoms. The normalized spacial score (nSPS) is 23.4. The Balaban J connectivity index is 1.96. The fourth-order valence-corrected chi connectivity index (χ4v) is 3.95. The molecule has 0 spiro atoms. The van der Waals surface area contributed by atoms with Crippen molar-refractivity contribution in [3.63, 3.8) is 0 Å². The molecule has 0 unspecified atom stereocenters. The fraction of sp³-hybridized carbons (Fsp3) is 0.550. The maximum absolute atomic E-state index is 10.4. The Morgan fingerprint density at radius 1 is 1.23 bits per heavy atom. The summed E-state index contributed by atoms with van der Waals surface area (Å²) in [6.45, 7) is 2.43. The smallest absolute Gasteiger partial charge is 0.224 e. The summed E-state index contributed by atoms with van der Waals surface area (Å²) in [5.41, 5.74) is 2.31. The van der Waals surface area contributed by atoms with Gasteiger partial charge in [-0.1, -0.05) is 0 Å².